The first-order chi connectivity index (χ1) is 9.88. The van der Waals surface area contributed by atoms with Crippen LogP contribution >= 0.6 is 11.6 Å². The summed E-state index contributed by atoms with van der Waals surface area (Å²) in [5.41, 5.74) is 0.146. The van der Waals surface area contributed by atoms with Crippen LogP contribution in [0.2, 0.25) is 5.02 Å². The molecular formula is C14H16ClFN2O3. The number of nitrogens with one attached hydrogen (secondary N) is 1. The number of carbonyl (C=O) groups excluding carboxylic acids is 2. The Bertz CT molecular complexity index is 547. The Morgan fingerprint density at radius 1 is 1.38 bits per heavy atom. The SMILES string of the molecule is CC1OCCN(C(=O)C(=O)Nc2cc(F)cc(Cl)c2)C1C. The molecule has 2 amide bonds. The minimum atomic E-state index is -0.822. The zero-order chi connectivity index (χ0) is 15.6. The topological polar surface area (TPSA) is 58.6 Å². The van der Waals surface area contributed by atoms with Gasteiger partial charge in [0.25, 0.3) is 0 Å². The van der Waals surface area contributed by atoms with Crippen molar-refractivity contribution >= 4 is 29.1 Å². The van der Waals surface area contributed by atoms with Crippen LogP contribution in [0.5, 0.6) is 0 Å². The zero-order valence-corrected chi connectivity index (χ0v) is 12.5. The molecule has 114 valence electrons. The van der Waals surface area contributed by atoms with E-state index >= 15 is 0 Å². The maximum atomic E-state index is 13.2. The smallest absolute Gasteiger partial charge is 0.313 e. The highest BCUT2D eigenvalue weighted by Gasteiger charge is 2.32. The van der Waals surface area contributed by atoms with Gasteiger partial charge in [-0.25, -0.2) is 4.39 Å². The average molecular weight is 315 g/mol. The van der Waals surface area contributed by atoms with Gasteiger partial charge in [0.05, 0.1) is 18.8 Å². The first-order valence-electron chi connectivity index (χ1n) is 6.58. The Hall–Kier alpha value is -1.66. The second-order valence-corrected chi connectivity index (χ2v) is 5.36. The molecular weight excluding hydrogens is 299 g/mol. The Balaban J connectivity index is 2.07. The summed E-state index contributed by atoms with van der Waals surface area (Å²) >= 11 is 5.70. The molecule has 1 aliphatic heterocycles. The Labute approximate surface area is 127 Å². The molecule has 1 aliphatic rings. The monoisotopic (exact) mass is 314 g/mol. The molecule has 1 fully saturated rings. The molecule has 1 aromatic rings. The molecule has 7 heteroatoms. The number of rotatable bonds is 1. The second kappa shape index (κ2) is 6.41. The van der Waals surface area contributed by atoms with Crippen LogP contribution < -0.4 is 5.32 Å². The molecule has 0 bridgehead atoms. The first-order valence-corrected chi connectivity index (χ1v) is 6.96. The third-order valence-electron chi connectivity index (χ3n) is 3.46. The molecule has 0 radical (unpaired) electrons. The number of halogens is 2. The van der Waals surface area contributed by atoms with Gasteiger partial charge in [0.1, 0.15) is 5.82 Å². The number of benzene rings is 1. The molecule has 2 unspecified atom stereocenters. The first kappa shape index (κ1) is 15.7. The van der Waals surface area contributed by atoms with E-state index in [0.717, 1.165) is 12.1 Å². The van der Waals surface area contributed by atoms with Gasteiger partial charge in [-0.2, -0.15) is 0 Å². The van der Waals surface area contributed by atoms with Crippen molar-refractivity contribution in [3.8, 4) is 0 Å². The summed E-state index contributed by atoms with van der Waals surface area (Å²) in [7, 11) is 0. The molecule has 0 saturated carbocycles. The van der Waals surface area contributed by atoms with Gasteiger partial charge in [0.15, 0.2) is 0 Å². The molecule has 0 aliphatic carbocycles. The molecule has 1 aromatic carbocycles. The molecule has 1 saturated heterocycles. The predicted molar refractivity (Wildman–Crippen MR) is 76.6 cm³/mol. The maximum Gasteiger partial charge on any atom is 0.313 e. The normalized spacial score (nSPS) is 22.0. The summed E-state index contributed by atoms with van der Waals surface area (Å²) in [6, 6.07) is 3.39. The van der Waals surface area contributed by atoms with Crippen LogP contribution in [0, 0.1) is 5.82 Å². The Morgan fingerprint density at radius 3 is 2.76 bits per heavy atom. The number of anilines is 1. The lowest BCUT2D eigenvalue weighted by Gasteiger charge is -2.37. The largest absolute Gasteiger partial charge is 0.375 e. The van der Waals surface area contributed by atoms with E-state index in [-0.39, 0.29) is 22.9 Å². The van der Waals surface area contributed by atoms with E-state index in [0.29, 0.717) is 13.2 Å². The Kier molecular flexibility index (Phi) is 4.80. The number of hydrogen-bond acceptors (Lipinski definition) is 3. The van der Waals surface area contributed by atoms with E-state index in [9.17, 15) is 14.0 Å². The fourth-order valence-corrected chi connectivity index (χ4v) is 2.38. The number of amides is 2. The van der Waals surface area contributed by atoms with E-state index < -0.39 is 17.6 Å². The van der Waals surface area contributed by atoms with Gasteiger partial charge in [-0.05, 0) is 32.0 Å². The quantitative estimate of drug-likeness (QED) is 0.807. The van der Waals surface area contributed by atoms with Crippen molar-refractivity contribution in [1.29, 1.82) is 0 Å². The minimum Gasteiger partial charge on any atom is -0.375 e. The van der Waals surface area contributed by atoms with Crippen molar-refractivity contribution in [3.05, 3.63) is 29.0 Å². The van der Waals surface area contributed by atoms with Gasteiger partial charge in [-0.15, -0.1) is 0 Å². The predicted octanol–water partition coefficient (Wildman–Crippen LogP) is 2.05. The van der Waals surface area contributed by atoms with Gasteiger partial charge in [-0.1, -0.05) is 11.6 Å². The fraction of sp³-hybridized carbons (Fsp3) is 0.429. The van der Waals surface area contributed by atoms with Gasteiger partial charge >= 0.3 is 11.8 Å². The number of carbonyl (C=O) groups is 2. The van der Waals surface area contributed by atoms with Crippen molar-refractivity contribution in [2.75, 3.05) is 18.5 Å². The molecule has 0 aromatic heterocycles. The third kappa shape index (κ3) is 3.71. The number of hydrogen-bond donors (Lipinski definition) is 1. The third-order valence-corrected chi connectivity index (χ3v) is 3.68. The summed E-state index contributed by atoms with van der Waals surface area (Å²) in [5, 5.41) is 2.51. The zero-order valence-electron chi connectivity index (χ0n) is 11.7. The lowest BCUT2D eigenvalue weighted by molar-refractivity contribution is -0.152. The van der Waals surface area contributed by atoms with Crippen LogP contribution in [-0.2, 0) is 14.3 Å². The summed E-state index contributed by atoms with van der Waals surface area (Å²) in [4.78, 5) is 25.6. The molecule has 2 rings (SSSR count). The summed E-state index contributed by atoms with van der Waals surface area (Å²) in [5.74, 6) is -2.07. The van der Waals surface area contributed by atoms with Crippen LogP contribution in [0.3, 0.4) is 0 Å². The van der Waals surface area contributed by atoms with Gasteiger partial charge < -0.3 is 15.0 Å². The van der Waals surface area contributed by atoms with Crippen molar-refractivity contribution in [1.82, 2.24) is 4.90 Å². The highest BCUT2D eigenvalue weighted by molar-refractivity contribution is 6.39. The maximum absolute atomic E-state index is 13.2. The van der Waals surface area contributed by atoms with Crippen LogP contribution in [-0.4, -0.2) is 42.0 Å². The molecule has 1 N–H and O–H groups in total. The standard InChI is InChI=1S/C14H16ClFN2O3/c1-8-9(2)21-4-3-18(8)14(20)13(19)17-12-6-10(15)5-11(16)7-12/h5-9H,3-4H2,1-2H3,(H,17,19). The van der Waals surface area contributed by atoms with E-state index in [1.807, 2.05) is 13.8 Å². The lowest BCUT2D eigenvalue weighted by atomic mass is 10.1. The van der Waals surface area contributed by atoms with Crippen molar-refractivity contribution in [2.45, 2.75) is 26.0 Å². The van der Waals surface area contributed by atoms with Crippen LogP contribution in [0.15, 0.2) is 18.2 Å². The highest BCUT2D eigenvalue weighted by atomic mass is 35.5. The fourth-order valence-electron chi connectivity index (χ4n) is 2.16. The average Bonchev–Trinajstić information content (AvgIpc) is 2.40. The van der Waals surface area contributed by atoms with Gasteiger partial charge in [0, 0.05) is 17.3 Å². The van der Waals surface area contributed by atoms with Crippen molar-refractivity contribution < 1.29 is 18.7 Å². The van der Waals surface area contributed by atoms with Crippen molar-refractivity contribution in [3.63, 3.8) is 0 Å². The van der Waals surface area contributed by atoms with E-state index in [1.165, 1.54) is 11.0 Å². The summed E-state index contributed by atoms with van der Waals surface area (Å²) < 4.78 is 18.6. The van der Waals surface area contributed by atoms with Crippen LogP contribution in [0.1, 0.15) is 13.8 Å². The number of nitrogens with zero attached hydrogens (tertiary/aromatic N) is 1. The number of ether oxygens (including phenoxy) is 1. The van der Waals surface area contributed by atoms with Crippen LogP contribution in [0.25, 0.3) is 0 Å². The molecule has 21 heavy (non-hydrogen) atoms. The highest BCUT2D eigenvalue weighted by Crippen LogP contribution is 2.19. The summed E-state index contributed by atoms with van der Waals surface area (Å²) in [6.07, 6.45) is -0.140. The van der Waals surface area contributed by atoms with Gasteiger partial charge in [0.2, 0.25) is 0 Å². The molecule has 5 nitrogen and oxygen atoms in total. The van der Waals surface area contributed by atoms with Gasteiger partial charge in [-0.3, -0.25) is 9.59 Å². The van der Waals surface area contributed by atoms with E-state index in [2.05, 4.69) is 5.32 Å². The van der Waals surface area contributed by atoms with Crippen LogP contribution in [0.4, 0.5) is 10.1 Å². The lowest BCUT2D eigenvalue weighted by Crippen LogP contribution is -2.54. The van der Waals surface area contributed by atoms with E-state index in [4.69, 9.17) is 16.3 Å². The molecule has 0 spiro atoms. The van der Waals surface area contributed by atoms with E-state index in [1.54, 1.807) is 0 Å². The summed E-state index contributed by atoms with van der Waals surface area (Å²) in [6.45, 7) is 4.39. The van der Waals surface area contributed by atoms with Crippen molar-refractivity contribution in [2.24, 2.45) is 0 Å². The Morgan fingerprint density at radius 2 is 2.10 bits per heavy atom. The second-order valence-electron chi connectivity index (χ2n) is 4.93. The minimum absolute atomic E-state index is 0.140. The molecule has 1 heterocycles. The number of morpholine rings is 1. The molecule has 2 atom stereocenters.